The van der Waals surface area contributed by atoms with Crippen molar-refractivity contribution in [1.82, 2.24) is 38.2 Å². The molecule has 0 bridgehead atoms. The fraction of sp³-hybridized carbons (Fsp3) is 0.222. The molecule has 0 spiro atoms. The number of rotatable bonds is 16. The molecule has 0 fully saturated rings. The summed E-state index contributed by atoms with van der Waals surface area (Å²) in [5, 5.41) is 10.9. The molecule has 4 radical (unpaired) electrons. The molecule has 0 saturated heterocycles. The first-order valence-electron chi connectivity index (χ1n) is 42.2. The molecule has 0 N–H and O–H groups in total. The molecule has 8 nitrogen and oxygen atoms in total. The van der Waals surface area contributed by atoms with E-state index in [-0.39, 0.29) is 80.4 Å². The smallest absolute Gasteiger partial charge is 0.0603 e. The van der Waals surface area contributed by atoms with Crippen molar-refractivity contribution in [1.29, 1.82) is 0 Å². The molecule has 636 valence electrons. The van der Waals surface area contributed by atoms with Gasteiger partial charge in [-0.3, -0.25) is 19.9 Å². The van der Waals surface area contributed by atoms with Crippen molar-refractivity contribution in [2.75, 3.05) is 0 Å². The Morgan fingerprint density at radius 2 is 0.556 bits per heavy atom. The monoisotopic (exact) mass is 2410 g/mol. The number of hydrogen-bond acceptors (Lipinski definition) is 8. The number of thiophene rings is 4. The summed E-state index contributed by atoms with van der Waals surface area (Å²) in [4.78, 5) is 18.9. The zero-order chi connectivity index (χ0) is 83.3. The van der Waals surface area contributed by atoms with E-state index in [0.29, 0.717) is 47.3 Å². The molecule has 0 amide bonds. The van der Waals surface area contributed by atoms with Gasteiger partial charge < -0.3 is 18.3 Å². The first kappa shape index (κ1) is 92.6. The van der Waals surface area contributed by atoms with Gasteiger partial charge in [-0.05, 0) is 128 Å². The van der Waals surface area contributed by atoms with E-state index in [4.69, 9.17) is 19.9 Å². The molecule has 20 rings (SSSR count). The Kier molecular flexibility index (Phi) is 29.8. The number of imidazole rings is 4. The predicted octanol–water partition coefficient (Wildman–Crippen LogP) is 31.8. The first-order valence-corrected chi connectivity index (χ1v) is 45.5. The normalized spacial score (nSPS) is 11.5. The Morgan fingerprint density at radius 1 is 0.242 bits per heavy atom. The first-order chi connectivity index (χ1) is 58.2. The average molecular weight is 2410 g/mol. The number of hydrogen-bond donors (Lipinski definition) is 0. The van der Waals surface area contributed by atoms with E-state index in [2.05, 4.69) is 324 Å². The van der Waals surface area contributed by atoms with E-state index in [1.807, 2.05) is 143 Å². The Bertz CT molecular complexity index is 7040. The quantitative estimate of drug-likeness (QED) is 0.0904. The largest absolute Gasteiger partial charge is 0.339 e. The number of benzene rings is 12. The fourth-order valence-electron chi connectivity index (χ4n) is 17.3. The average Bonchev–Trinajstić information content (AvgIpc) is 1.57. The maximum Gasteiger partial charge on any atom is 0.0603 e. The summed E-state index contributed by atoms with van der Waals surface area (Å²) in [5.74, 6) is 7.07. The van der Waals surface area contributed by atoms with Crippen LogP contribution in [0.15, 0.2) is 268 Å². The van der Waals surface area contributed by atoms with Gasteiger partial charge in [0.2, 0.25) is 0 Å². The topological polar surface area (TPSA) is 71.3 Å². The predicted molar refractivity (Wildman–Crippen MR) is 516 cm³/mol. The SMILES string of the molecule is CC(C)c1cc(C(C)C)c2c(sc3ccccc32)c1-n1ccnc1-c1[c-]cccc1.CC(C)c1cc(C(C)C)c2sc3ccccc3c2c1-n1ccnc1-c1[c-]cccc1.CC(C)c1cc2c(sc3ccccc32)c(C(C)C)c1-n1ccnc1-c1[c-]cccc1.CC(C)c1cc2sc3ccccc3c2c(C(C)C)c1-n1ccnc1-c1[c-]cccc1.[Ir].[Ir].[Ir].[Ir]. The molecule has 0 saturated carbocycles. The molecule has 16 heteroatoms. The van der Waals surface area contributed by atoms with Gasteiger partial charge in [-0.1, -0.05) is 196 Å². The van der Waals surface area contributed by atoms with Crippen LogP contribution in [0.4, 0.5) is 0 Å². The fourth-order valence-corrected chi connectivity index (χ4v) is 22.5. The van der Waals surface area contributed by atoms with Crippen LogP contribution in [0, 0.1) is 24.3 Å². The summed E-state index contributed by atoms with van der Waals surface area (Å²) in [6, 6.07) is 90.6. The van der Waals surface area contributed by atoms with Gasteiger partial charge in [0.05, 0.1) is 39.4 Å². The van der Waals surface area contributed by atoms with Crippen molar-refractivity contribution < 1.29 is 80.4 Å². The second-order valence-corrected chi connectivity index (χ2v) is 37.9. The molecule has 0 unspecified atom stereocenters. The Morgan fingerprint density at radius 3 is 0.968 bits per heavy atom. The molecular weight excluding hydrogens is 2310 g/mol. The van der Waals surface area contributed by atoms with Crippen molar-refractivity contribution >= 4 is 126 Å². The third kappa shape index (κ3) is 17.7. The minimum Gasteiger partial charge on any atom is -0.339 e. The standard InChI is InChI=1S/4C27H25N2S.4Ir/c1-17(2)21-16-22-20-12-8-9-13-23(20)30-26(22)24(18(3)4)25(21)29-15-14-28-27(29)19-10-6-5-7-11-19;1-17(2)21-16-22(18(3)4)26-24(20-12-8-9-13-23(20)30-26)25(21)29-15-14-28-27(29)19-10-6-5-7-11-19;1-17(2)21-16-22(18(3)4)25(26-24(21)20-12-8-9-13-23(20)30-26)29-15-14-28-27(29)19-10-6-5-7-11-19;1-17(2)21-16-23-25(20-12-8-9-13-22(20)30-23)24(18(3)4)26(21)29-15-14-28-27(29)19-10-6-5-7-11-19;;;;/h4*5-10,12-18H,1-4H3;;;;/q4*-1;;;;. The van der Waals surface area contributed by atoms with E-state index in [1.54, 1.807) is 0 Å². The second-order valence-electron chi connectivity index (χ2n) is 33.6. The van der Waals surface area contributed by atoms with Crippen LogP contribution >= 0.6 is 45.3 Å². The van der Waals surface area contributed by atoms with E-state index < -0.39 is 0 Å². The summed E-state index contributed by atoms with van der Waals surface area (Å²) >= 11 is 7.61. The molecule has 8 heterocycles. The van der Waals surface area contributed by atoms with Gasteiger partial charge in [0.1, 0.15) is 0 Å². The zero-order valence-corrected chi connectivity index (χ0v) is 85.4. The summed E-state index contributed by atoms with van der Waals surface area (Å²) in [5.41, 5.74) is 20.3. The van der Waals surface area contributed by atoms with E-state index >= 15 is 0 Å². The summed E-state index contributed by atoms with van der Waals surface area (Å²) in [6.07, 6.45) is 16.0. The van der Waals surface area contributed by atoms with Crippen LogP contribution in [-0.2, 0) is 80.4 Å². The minimum absolute atomic E-state index is 0. The van der Waals surface area contributed by atoms with E-state index in [0.717, 1.165) is 45.6 Å². The van der Waals surface area contributed by atoms with Crippen LogP contribution < -0.4 is 0 Å². The van der Waals surface area contributed by atoms with Crippen LogP contribution in [0.1, 0.15) is 203 Å². The number of nitrogens with zero attached hydrogens (tertiary/aromatic N) is 8. The molecule has 20 aromatic rings. The number of aromatic nitrogens is 8. The number of fused-ring (bicyclic) bond motifs is 12. The summed E-state index contributed by atoms with van der Waals surface area (Å²) in [6.45, 7) is 36.7. The van der Waals surface area contributed by atoms with Crippen molar-refractivity contribution in [3.05, 3.63) is 337 Å². The van der Waals surface area contributed by atoms with E-state index in [1.165, 1.54) is 148 Å². The molecule has 8 aromatic heterocycles. The summed E-state index contributed by atoms with van der Waals surface area (Å²) < 4.78 is 20.0. The molecule has 0 aliphatic heterocycles. The van der Waals surface area contributed by atoms with E-state index in [9.17, 15) is 0 Å². The maximum absolute atomic E-state index is 4.73. The van der Waals surface area contributed by atoms with Crippen LogP contribution in [-0.4, -0.2) is 38.2 Å². The second kappa shape index (κ2) is 39.9. The van der Waals surface area contributed by atoms with Crippen molar-refractivity contribution in [2.45, 2.75) is 158 Å². The molecule has 0 aliphatic carbocycles. The molecular formula is C108H100Ir4N8S4-4. The van der Waals surface area contributed by atoms with Gasteiger partial charge in [-0.2, -0.15) is 0 Å². The maximum atomic E-state index is 4.73. The third-order valence-electron chi connectivity index (χ3n) is 23.0. The van der Waals surface area contributed by atoms with Crippen molar-refractivity contribution in [3.8, 4) is 68.3 Å². The molecule has 124 heavy (non-hydrogen) atoms. The Hall–Kier alpha value is -9.04. The van der Waals surface area contributed by atoms with Gasteiger partial charge >= 0.3 is 0 Å². The van der Waals surface area contributed by atoms with Crippen LogP contribution in [0.3, 0.4) is 0 Å². The Labute approximate surface area is 799 Å². The summed E-state index contributed by atoms with van der Waals surface area (Å²) in [7, 11) is 0. The van der Waals surface area contributed by atoms with Crippen LogP contribution in [0.25, 0.3) is 149 Å². The molecule has 12 aromatic carbocycles. The van der Waals surface area contributed by atoms with Gasteiger partial charge in [-0.25, -0.2) is 0 Å². The van der Waals surface area contributed by atoms with Gasteiger partial charge in [-0.15, -0.1) is 189 Å². The van der Waals surface area contributed by atoms with Gasteiger partial charge in [0, 0.05) is 217 Å². The Balaban J connectivity index is 0.000000141. The third-order valence-corrected chi connectivity index (χ3v) is 27.7. The van der Waals surface area contributed by atoms with Gasteiger partial charge in [0.15, 0.2) is 0 Å². The van der Waals surface area contributed by atoms with Crippen molar-refractivity contribution in [2.24, 2.45) is 0 Å². The zero-order valence-electron chi connectivity index (χ0n) is 72.6. The minimum atomic E-state index is 0. The van der Waals surface area contributed by atoms with Crippen molar-refractivity contribution in [3.63, 3.8) is 0 Å². The van der Waals surface area contributed by atoms with Gasteiger partial charge in [0.25, 0.3) is 0 Å². The molecule has 0 aliphatic rings. The molecule has 0 atom stereocenters. The van der Waals surface area contributed by atoms with Crippen LogP contribution in [0.2, 0.25) is 0 Å². The van der Waals surface area contributed by atoms with Crippen LogP contribution in [0.5, 0.6) is 0 Å².